The van der Waals surface area contributed by atoms with Crippen LogP contribution in [0, 0.1) is 10.1 Å². The van der Waals surface area contributed by atoms with Gasteiger partial charge in [0.25, 0.3) is 5.69 Å². The molecule has 8 heteroatoms. The van der Waals surface area contributed by atoms with Gasteiger partial charge in [0, 0.05) is 12.1 Å². The molecule has 21 heavy (non-hydrogen) atoms. The third-order valence-electron chi connectivity index (χ3n) is 2.59. The summed E-state index contributed by atoms with van der Waals surface area (Å²) in [5.74, 6) is 0.130. The smallest absolute Gasteiger partial charge is 0.342 e. The van der Waals surface area contributed by atoms with E-state index in [0.717, 1.165) is 12.1 Å². The molecule has 0 amide bonds. The number of hydrogen-bond acceptors (Lipinski definition) is 6. The second kappa shape index (κ2) is 5.80. The Bertz CT molecular complexity index is 754. The van der Waals surface area contributed by atoms with Crippen molar-refractivity contribution in [2.45, 2.75) is 4.90 Å². The molecule has 0 fully saturated rings. The van der Waals surface area contributed by atoms with E-state index in [0.29, 0.717) is 0 Å². The van der Waals surface area contributed by atoms with Crippen molar-refractivity contribution in [1.82, 2.24) is 0 Å². The van der Waals surface area contributed by atoms with Crippen LogP contribution in [0.2, 0.25) is 0 Å². The zero-order valence-corrected chi connectivity index (χ0v) is 11.7. The van der Waals surface area contributed by atoms with Crippen molar-refractivity contribution in [1.29, 1.82) is 0 Å². The molecule has 7 nitrogen and oxygen atoms in total. The fraction of sp³-hybridized carbons (Fsp3) is 0.0769. The number of nitro groups is 1. The van der Waals surface area contributed by atoms with E-state index in [1.165, 1.54) is 37.4 Å². The summed E-state index contributed by atoms with van der Waals surface area (Å²) < 4.78 is 34.2. The molecular formula is C13H11NO6S. The Balaban J connectivity index is 2.31. The van der Waals surface area contributed by atoms with Crippen molar-refractivity contribution in [2.24, 2.45) is 0 Å². The van der Waals surface area contributed by atoms with Crippen LogP contribution < -0.4 is 8.92 Å². The van der Waals surface area contributed by atoms with E-state index in [-0.39, 0.29) is 22.1 Å². The van der Waals surface area contributed by atoms with Crippen molar-refractivity contribution >= 4 is 15.8 Å². The van der Waals surface area contributed by atoms with Gasteiger partial charge >= 0.3 is 10.1 Å². The van der Waals surface area contributed by atoms with E-state index in [4.69, 9.17) is 8.92 Å². The van der Waals surface area contributed by atoms with Gasteiger partial charge in [0.15, 0.2) is 0 Å². The summed E-state index contributed by atoms with van der Waals surface area (Å²) in [6.07, 6.45) is 0. The fourth-order valence-corrected chi connectivity index (χ4v) is 2.72. The van der Waals surface area contributed by atoms with Gasteiger partial charge < -0.3 is 8.92 Å². The van der Waals surface area contributed by atoms with Crippen molar-refractivity contribution < 1.29 is 22.3 Å². The summed E-state index contributed by atoms with van der Waals surface area (Å²) in [7, 11) is -2.74. The molecule has 0 atom stereocenters. The maximum absolute atomic E-state index is 12.2. The number of hydrogen-bond donors (Lipinski definition) is 0. The first-order valence-electron chi connectivity index (χ1n) is 5.76. The average Bonchev–Trinajstić information content (AvgIpc) is 2.47. The second-order valence-electron chi connectivity index (χ2n) is 3.94. The molecule has 0 saturated carbocycles. The molecule has 0 saturated heterocycles. The molecule has 0 N–H and O–H groups in total. The Morgan fingerprint density at radius 3 is 2.24 bits per heavy atom. The Morgan fingerprint density at radius 1 is 1.05 bits per heavy atom. The van der Waals surface area contributed by atoms with Gasteiger partial charge in [0.05, 0.1) is 12.0 Å². The molecule has 110 valence electrons. The molecule has 0 radical (unpaired) electrons. The molecule has 0 unspecified atom stereocenters. The van der Waals surface area contributed by atoms with Gasteiger partial charge in [-0.3, -0.25) is 10.1 Å². The topological polar surface area (TPSA) is 95.7 Å². The quantitative estimate of drug-likeness (QED) is 0.478. The largest absolute Gasteiger partial charge is 0.495 e. The molecule has 0 spiro atoms. The van der Waals surface area contributed by atoms with Crippen molar-refractivity contribution in [3.8, 4) is 11.5 Å². The minimum absolute atomic E-state index is 0.0218. The number of nitrogens with zero attached hydrogens (tertiary/aromatic N) is 1. The van der Waals surface area contributed by atoms with Crippen LogP contribution >= 0.6 is 0 Å². The number of para-hydroxylation sites is 1. The minimum Gasteiger partial charge on any atom is -0.495 e. The monoisotopic (exact) mass is 309 g/mol. The van der Waals surface area contributed by atoms with Gasteiger partial charge in [-0.25, -0.2) is 0 Å². The Kier molecular flexibility index (Phi) is 4.08. The lowest BCUT2D eigenvalue weighted by molar-refractivity contribution is -0.384. The number of nitro benzene ring substituents is 1. The van der Waals surface area contributed by atoms with Gasteiger partial charge in [-0.15, -0.1) is 0 Å². The Labute approximate surface area is 121 Å². The predicted octanol–water partition coefficient (Wildman–Crippen LogP) is 2.37. The molecule has 0 aliphatic rings. The van der Waals surface area contributed by atoms with Crippen LogP contribution in [-0.2, 0) is 10.1 Å². The lowest BCUT2D eigenvalue weighted by Crippen LogP contribution is -2.11. The molecule has 0 aliphatic carbocycles. The molecule has 2 aromatic rings. The van der Waals surface area contributed by atoms with E-state index in [9.17, 15) is 18.5 Å². The zero-order chi connectivity index (χ0) is 15.5. The van der Waals surface area contributed by atoms with Gasteiger partial charge in [-0.05, 0) is 24.3 Å². The maximum atomic E-state index is 12.2. The van der Waals surface area contributed by atoms with E-state index < -0.39 is 15.0 Å². The molecular weight excluding hydrogens is 298 g/mol. The average molecular weight is 309 g/mol. The Hall–Kier alpha value is -2.61. The van der Waals surface area contributed by atoms with Crippen LogP contribution in [0.1, 0.15) is 0 Å². The lowest BCUT2D eigenvalue weighted by Gasteiger charge is -2.10. The first-order chi connectivity index (χ1) is 9.94. The summed E-state index contributed by atoms with van der Waals surface area (Å²) in [6.45, 7) is 0. The second-order valence-corrected chi connectivity index (χ2v) is 5.45. The number of methoxy groups -OCH3 is 1. The van der Waals surface area contributed by atoms with Gasteiger partial charge in [0.2, 0.25) is 0 Å². The molecule has 0 bridgehead atoms. The SMILES string of the molecule is COc1ccccc1S(=O)(=O)Oc1ccc([N+](=O)[O-])cc1. The summed E-state index contributed by atoms with van der Waals surface area (Å²) in [6, 6.07) is 10.8. The van der Waals surface area contributed by atoms with Crippen LogP contribution in [0.3, 0.4) is 0 Å². The number of non-ortho nitro benzene ring substituents is 1. The highest BCUT2D eigenvalue weighted by Gasteiger charge is 2.21. The van der Waals surface area contributed by atoms with Crippen LogP contribution in [0.4, 0.5) is 5.69 Å². The maximum Gasteiger partial charge on any atom is 0.342 e. The third-order valence-corrected chi connectivity index (χ3v) is 3.88. The highest BCUT2D eigenvalue weighted by Crippen LogP contribution is 2.27. The van der Waals surface area contributed by atoms with Crippen LogP contribution in [0.25, 0.3) is 0 Å². The summed E-state index contributed by atoms with van der Waals surface area (Å²) >= 11 is 0. The minimum atomic E-state index is -4.08. The van der Waals surface area contributed by atoms with Crippen LogP contribution in [0.15, 0.2) is 53.4 Å². The summed E-state index contributed by atoms with van der Waals surface area (Å²) in [5.41, 5.74) is -0.156. The standard InChI is InChI=1S/C13H11NO6S/c1-19-12-4-2-3-5-13(12)21(17,18)20-11-8-6-10(7-9-11)14(15)16/h2-9H,1H3. The first-order valence-corrected chi connectivity index (χ1v) is 7.17. The summed E-state index contributed by atoms with van der Waals surface area (Å²) in [4.78, 5) is 9.83. The predicted molar refractivity (Wildman–Crippen MR) is 73.9 cm³/mol. The van der Waals surface area contributed by atoms with Crippen LogP contribution in [0.5, 0.6) is 11.5 Å². The highest BCUT2D eigenvalue weighted by molar-refractivity contribution is 7.87. The molecule has 0 heterocycles. The Morgan fingerprint density at radius 2 is 1.67 bits per heavy atom. The number of benzene rings is 2. The van der Waals surface area contributed by atoms with Gasteiger partial charge in [-0.2, -0.15) is 8.42 Å². The molecule has 2 aromatic carbocycles. The molecule has 2 rings (SSSR count). The van der Waals surface area contributed by atoms with Crippen molar-refractivity contribution in [2.75, 3.05) is 7.11 Å². The normalized spacial score (nSPS) is 10.9. The highest BCUT2D eigenvalue weighted by atomic mass is 32.2. The molecule has 0 aromatic heterocycles. The lowest BCUT2D eigenvalue weighted by atomic mass is 10.3. The summed E-state index contributed by atoms with van der Waals surface area (Å²) in [5, 5.41) is 10.5. The molecule has 0 aliphatic heterocycles. The third kappa shape index (κ3) is 3.29. The number of rotatable bonds is 5. The van der Waals surface area contributed by atoms with E-state index in [1.807, 2.05) is 0 Å². The van der Waals surface area contributed by atoms with E-state index in [1.54, 1.807) is 6.07 Å². The zero-order valence-electron chi connectivity index (χ0n) is 10.9. The van der Waals surface area contributed by atoms with E-state index >= 15 is 0 Å². The fourth-order valence-electron chi connectivity index (χ4n) is 1.62. The van der Waals surface area contributed by atoms with Gasteiger partial charge in [0.1, 0.15) is 16.4 Å². The first kappa shape index (κ1) is 14.8. The van der Waals surface area contributed by atoms with Crippen molar-refractivity contribution in [3.05, 3.63) is 58.6 Å². The van der Waals surface area contributed by atoms with Gasteiger partial charge in [-0.1, -0.05) is 12.1 Å². The number of ether oxygens (including phenoxy) is 1. The van der Waals surface area contributed by atoms with E-state index in [2.05, 4.69) is 0 Å². The van der Waals surface area contributed by atoms with Crippen molar-refractivity contribution in [3.63, 3.8) is 0 Å². The van der Waals surface area contributed by atoms with Crippen LogP contribution in [-0.4, -0.2) is 20.5 Å².